The SMILES string of the molecule is COc1cc2c(Nc3cnc(CNc4ccc(F)c(Cl)c4)nc3)ncnc2cc1OCCCN1CCCCC1. The molecular formula is C28H31ClFN7O2. The summed E-state index contributed by atoms with van der Waals surface area (Å²) in [6.07, 6.45) is 9.72. The maximum atomic E-state index is 13.4. The highest BCUT2D eigenvalue weighted by atomic mass is 35.5. The Kier molecular flexibility index (Phi) is 8.85. The monoisotopic (exact) mass is 551 g/mol. The van der Waals surface area contributed by atoms with Gasteiger partial charge in [-0.05, 0) is 56.6 Å². The lowest BCUT2D eigenvalue weighted by molar-refractivity contribution is 0.203. The number of nitrogens with one attached hydrogen (secondary N) is 2. The summed E-state index contributed by atoms with van der Waals surface area (Å²) in [7, 11) is 1.62. The van der Waals surface area contributed by atoms with Crippen molar-refractivity contribution in [2.75, 3.05) is 44.0 Å². The van der Waals surface area contributed by atoms with Crippen LogP contribution in [-0.2, 0) is 6.54 Å². The second-order valence-corrected chi connectivity index (χ2v) is 9.75. The zero-order valence-corrected chi connectivity index (χ0v) is 22.5. The van der Waals surface area contributed by atoms with Crippen LogP contribution in [0.25, 0.3) is 10.9 Å². The van der Waals surface area contributed by atoms with Crippen LogP contribution in [0.3, 0.4) is 0 Å². The molecule has 0 atom stereocenters. The van der Waals surface area contributed by atoms with Gasteiger partial charge < -0.3 is 25.0 Å². The van der Waals surface area contributed by atoms with E-state index in [1.54, 1.807) is 25.6 Å². The Morgan fingerprint density at radius 1 is 0.974 bits per heavy atom. The van der Waals surface area contributed by atoms with Crippen molar-refractivity contribution in [2.24, 2.45) is 0 Å². The Hall–Kier alpha value is -3.76. The Morgan fingerprint density at radius 2 is 1.79 bits per heavy atom. The molecular weight excluding hydrogens is 521 g/mol. The van der Waals surface area contributed by atoms with E-state index < -0.39 is 5.82 Å². The highest BCUT2D eigenvalue weighted by Gasteiger charge is 2.14. The average Bonchev–Trinajstić information content (AvgIpc) is 2.97. The zero-order chi connectivity index (χ0) is 27.0. The Bertz CT molecular complexity index is 1400. The molecule has 4 aromatic rings. The summed E-state index contributed by atoms with van der Waals surface area (Å²) in [5.41, 5.74) is 2.08. The van der Waals surface area contributed by atoms with E-state index in [1.165, 1.54) is 50.8 Å². The number of piperidine rings is 1. The first-order valence-electron chi connectivity index (χ1n) is 13.0. The van der Waals surface area contributed by atoms with Gasteiger partial charge in [-0.1, -0.05) is 18.0 Å². The standard InChI is InChI=1S/C28H31ClFN7O2/c1-38-25-13-21-24(14-26(25)39-11-5-10-37-8-3-2-4-9-37)34-18-35-28(21)36-20-15-32-27(33-16-20)17-31-19-6-7-23(30)22(29)12-19/h6-7,12-16,18,31H,2-5,8-11,17H2,1H3,(H,34,35,36). The fourth-order valence-electron chi connectivity index (χ4n) is 4.52. The minimum Gasteiger partial charge on any atom is -0.493 e. The number of fused-ring (bicyclic) bond motifs is 1. The van der Waals surface area contributed by atoms with Gasteiger partial charge in [-0.3, -0.25) is 0 Å². The summed E-state index contributed by atoms with van der Waals surface area (Å²) < 4.78 is 25.1. The number of benzene rings is 2. The fourth-order valence-corrected chi connectivity index (χ4v) is 4.70. The number of anilines is 3. The number of ether oxygens (including phenoxy) is 2. The van der Waals surface area contributed by atoms with E-state index in [0.29, 0.717) is 47.7 Å². The van der Waals surface area contributed by atoms with E-state index in [9.17, 15) is 4.39 Å². The van der Waals surface area contributed by atoms with Crippen molar-refractivity contribution in [3.63, 3.8) is 0 Å². The molecule has 2 N–H and O–H groups in total. The predicted molar refractivity (Wildman–Crippen MR) is 151 cm³/mol. The molecule has 39 heavy (non-hydrogen) atoms. The molecule has 0 unspecified atom stereocenters. The number of nitrogens with zero attached hydrogens (tertiary/aromatic N) is 5. The molecule has 2 aromatic heterocycles. The third kappa shape index (κ3) is 7.01. The van der Waals surface area contributed by atoms with Gasteiger partial charge in [0.2, 0.25) is 0 Å². The Balaban J connectivity index is 1.22. The summed E-state index contributed by atoms with van der Waals surface area (Å²) in [5.74, 6) is 1.99. The number of likely N-dealkylation sites (tertiary alicyclic amines) is 1. The summed E-state index contributed by atoms with van der Waals surface area (Å²) >= 11 is 5.84. The lowest BCUT2D eigenvalue weighted by Gasteiger charge is -2.26. The summed E-state index contributed by atoms with van der Waals surface area (Å²) in [4.78, 5) is 20.1. The topological polar surface area (TPSA) is 97.3 Å². The van der Waals surface area contributed by atoms with E-state index in [2.05, 4.69) is 35.5 Å². The quantitative estimate of drug-likeness (QED) is 0.223. The van der Waals surface area contributed by atoms with E-state index in [-0.39, 0.29) is 5.02 Å². The number of rotatable bonds is 11. The maximum Gasteiger partial charge on any atom is 0.163 e. The van der Waals surface area contributed by atoms with E-state index in [0.717, 1.165) is 23.9 Å². The first-order chi connectivity index (χ1) is 19.1. The fraction of sp³-hybridized carbons (Fsp3) is 0.357. The van der Waals surface area contributed by atoms with Crippen molar-refractivity contribution in [1.29, 1.82) is 0 Å². The molecule has 1 fully saturated rings. The van der Waals surface area contributed by atoms with Gasteiger partial charge in [-0.2, -0.15) is 0 Å². The molecule has 0 radical (unpaired) electrons. The number of methoxy groups -OCH3 is 1. The van der Waals surface area contributed by atoms with E-state index in [4.69, 9.17) is 21.1 Å². The summed E-state index contributed by atoms with van der Waals surface area (Å²) in [6.45, 7) is 4.38. The molecule has 9 nitrogen and oxygen atoms in total. The molecule has 0 bridgehead atoms. The average molecular weight is 552 g/mol. The lowest BCUT2D eigenvalue weighted by atomic mass is 10.1. The van der Waals surface area contributed by atoms with Gasteiger partial charge in [-0.25, -0.2) is 24.3 Å². The smallest absolute Gasteiger partial charge is 0.163 e. The molecule has 1 saturated heterocycles. The number of hydrogen-bond acceptors (Lipinski definition) is 9. The molecule has 11 heteroatoms. The van der Waals surface area contributed by atoms with Gasteiger partial charge in [0.1, 0.15) is 23.8 Å². The van der Waals surface area contributed by atoms with E-state index in [1.807, 2.05) is 12.1 Å². The summed E-state index contributed by atoms with van der Waals surface area (Å²) in [5, 5.41) is 7.24. The molecule has 0 amide bonds. The maximum absolute atomic E-state index is 13.4. The van der Waals surface area contributed by atoms with Crippen LogP contribution in [0.4, 0.5) is 21.6 Å². The van der Waals surface area contributed by atoms with Gasteiger partial charge in [0.05, 0.1) is 48.9 Å². The van der Waals surface area contributed by atoms with Crippen LogP contribution < -0.4 is 20.1 Å². The van der Waals surface area contributed by atoms with Gasteiger partial charge in [0.25, 0.3) is 0 Å². The molecule has 0 aliphatic carbocycles. The van der Waals surface area contributed by atoms with Gasteiger partial charge >= 0.3 is 0 Å². The molecule has 0 spiro atoms. The predicted octanol–water partition coefficient (Wildman–Crippen LogP) is 5.83. The van der Waals surface area contributed by atoms with Crippen LogP contribution in [0.15, 0.2) is 49.1 Å². The third-order valence-electron chi connectivity index (χ3n) is 6.58. The molecule has 204 valence electrons. The van der Waals surface area contributed by atoms with E-state index >= 15 is 0 Å². The van der Waals surface area contributed by atoms with Crippen LogP contribution in [0.2, 0.25) is 5.02 Å². The highest BCUT2D eigenvalue weighted by Crippen LogP contribution is 2.34. The normalized spacial score (nSPS) is 13.8. The highest BCUT2D eigenvalue weighted by molar-refractivity contribution is 6.31. The van der Waals surface area contributed by atoms with Crippen LogP contribution in [0, 0.1) is 5.82 Å². The second kappa shape index (κ2) is 12.9. The van der Waals surface area contributed by atoms with Crippen molar-refractivity contribution in [3.05, 3.63) is 65.7 Å². The van der Waals surface area contributed by atoms with Crippen molar-refractivity contribution in [1.82, 2.24) is 24.8 Å². The summed E-state index contributed by atoms with van der Waals surface area (Å²) in [6, 6.07) is 8.20. The Morgan fingerprint density at radius 3 is 2.56 bits per heavy atom. The third-order valence-corrected chi connectivity index (χ3v) is 6.87. The largest absolute Gasteiger partial charge is 0.493 e. The zero-order valence-electron chi connectivity index (χ0n) is 21.8. The van der Waals surface area contributed by atoms with Crippen LogP contribution >= 0.6 is 11.6 Å². The minimum atomic E-state index is -0.462. The molecule has 1 aliphatic heterocycles. The number of halogens is 2. The molecule has 2 aromatic carbocycles. The number of hydrogen-bond donors (Lipinski definition) is 2. The van der Waals surface area contributed by atoms with Crippen molar-refractivity contribution >= 4 is 39.7 Å². The van der Waals surface area contributed by atoms with Crippen LogP contribution in [-0.4, -0.2) is 58.2 Å². The van der Waals surface area contributed by atoms with Gasteiger partial charge in [0, 0.05) is 23.7 Å². The van der Waals surface area contributed by atoms with Crippen molar-refractivity contribution in [3.8, 4) is 11.5 Å². The first-order valence-corrected chi connectivity index (χ1v) is 13.4. The minimum absolute atomic E-state index is 0.0562. The molecule has 0 saturated carbocycles. The molecule has 1 aliphatic rings. The van der Waals surface area contributed by atoms with Crippen LogP contribution in [0.1, 0.15) is 31.5 Å². The lowest BCUT2D eigenvalue weighted by Crippen LogP contribution is -2.31. The van der Waals surface area contributed by atoms with Crippen molar-refractivity contribution < 1.29 is 13.9 Å². The number of aromatic nitrogens is 4. The van der Waals surface area contributed by atoms with Gasteiger partial charge in [0.15, 0.2) is 11.5 Å². The second-order valence-electron chi connectivity index (χ2n) is 9.34. The molecule has 5 rings (SSSR count). The van der Waals surface area contributed by atoms with Crippen LogP contribution in [0.5, 0.6) is 11.5 Å². The van der Waals surface area contributed by atoms with Gasteiger partial charge in [-0.15, -0.1) is 0 Å². The molecule has 3 heterocycles. The first kappa shape index (κ1) is 26.8. The van der Waals surface area contributed by atoms with Crippen molar-refractivity contribution in [2.45, 2.75) is 32.2 Å². The Labute approximate surface area is 231 Å².